The monoisotopic (exact) mass is 323 g/mol. The van der Waals surface area contributed by atoms with Crippen LogP contribution in [-0.4, -0.2) is 42.6 Å². The molecule has 0 saturated carbocycles. The van der Waals surface area contributed by atoms with Gasteiger partial charge in [0.05, 0.1) is 19.2 Å². The Morgan fingerprint density at radius 2 is 2.23 bits per heavy atom. The molecule has 1 fully saturated rings. The maximum Gasteiger partial charge on any atom is 0.318 e. The summed E-state index contributed by atoms with van der Waals surface area (Å²) >= 11 is 5.99. The molecule has 2 unspecified atom stereocenters. The van der Waals surface area contributed by atoms with Crippen molar-refractivity contribution in [2.45, 2.75) is 25.0 Å². The molecular formula is C15H18ClN3O3. The zero-order valence-electron chi connectivity index (χ0n) is 12.0. The lowest BCUT2D eigenvalue weighted by Gasteiger charge is -2.32. The maximum absolute atomic E-state index is 12.4. The molecule has 1 saturated heterocycles. The number of halogens is 1. The predicted molar refractivity (Wildman–Crippen MR) is 81.6 cm³/mol. The fraction of sp³-hybridized carbons (Fsp3) is 0.467. The molecule has 1 aliphatic heterocycles. The number of benzene rings is 1. The van der Waals surface area contributed by atoms with Crippen molar-refractivity contribution in [3.63, 3.8) is 0 Å². The topological polar surface area (TPSA) is 84.7 Å². The van der Waals surface area contributed by atoms with E-state index in [9.17, 15) is 9.59 Å². The van der Waals surface area contributed by atoms with Gasteiger partial charge in [0.25, 0.3) is 0 Å². The van der Waals surface area contributed by atoms with Crippen LogP contribution in [0, 0.1) is 0 Å². The van der Waals surface area contributed by atoms with Crippen LogP contribution in [0.15, 0.2) is 18.2 Å². The van der Waals surface area contributed by atoms with Crippen molar-refractivity contribution in [3.05, 3.63) is 34.3 Å². The lowest BCUT2D eigenvalue weighted by Crippen LogP contribution is -2.53. The number of amides is 3. The molecule has 6 nitrogen and oxygen atoms in total. The molecule has 22 heavy (non-hydrogen) atoms. The van der Waals surface area contributed by atoms with Gasteiger partial charge in [-0.25, -0.2) is 4.79 Å². The molecule has 2 aliphatic rings. The highest BCUT2D eigenvalue weighted by Gasteiger charge is 2.30. The second kappa shape index (κ2) is 6.14. The third kappa shape index (κ3) is 3.03. The number of nitrogens with one attached hydrogen (secondary N) is 1. The summed E-state index contributed by atoms with van der Waals surface area (Å²) < 4.78 is 5.25. The minimum Gasteiger partial charge on any atom is -0.367 e. The van der Waals surface area contributed by atoms with Gasteiger partial charge in [0.1, 0.15) is 0 Å². The fourth-order valence-electron chi connectivity index (χ4n) is 2.98. The van der Waals surface area contributed by atoms with Gasteiger partial charge >= 0.3 is 6.03 Å². The van der Waals surface area contributed by atoms with E-state index in [2.05, 4.69) is 5.32 Å². The first-order chi connectivity index (χ1) is 10.5. The lowest BCUT2D eigenvalue weighted by atomic mass is 10.1. The molecule has 2 atom stereocenters. The number of rotatable bonds is 2. The van der Waals surface area contributed by atoms with Gasteiger partial charge in [0, 0.05) is 11.6 Å². The summed E-state index contributed by atoms with van der Waals surface area (Å²) in [6.07, 6.45) is 1.02. The number of hydrogen-bond donors (Lipinski definition) is 2. The van der Waals surface area contributed by atoms with E-state index < -0.39 is 12.0 Å². The van der Waals surface area contributed by atoms with E-state index in [1.807, 2.05) is 18.2 Å². The summed E-state index contributed by atoms with van der Waals surface area (Å²) in [7, 11) is 0. The summed E-state index contributed by atoms with van der Waals surface area (Å²) in [6, 6.07) is 5.53. The zero-order valence-corrected chi connectivity index (χ0v) is 12.8. The first kappa shape index (κ1) is 15.1. The Morgan fingerprint density at radius 3 is 3.00 bits per heavy atom. The lowest BCUT2D eigenvalue weighted by molar-refractivity contribution is -0.133. The third-order valence-corrected chi connectivity index (χ3v) is 4.39. The molecule has 3 N–H and O–H groups in total. The maximum atomic E-state index is 12.4. The summed E-state index contributed by atoms with van der Waals surface area (Å²) in [5, 5.41) is 3.73. The minimum atomic E-state index is -0.728. The Kier molecular flexibility index (Phi) is 4.22. The summed E-state index contributed by atoms with van der Waals surface area (Å²) in [4.78, 5) is 25.1. The molecule has 3 rings (SSSR count). The first-order valence-corrected chi connectivity index (χ1v) is 7.67. The second-order valence-corrected chi connectivity index (χ2v) is 6.03. The van der Waals surface area contributed by atoms with Crippen LogP contribution in [0.2, 0.25) is 5.02 Å². The van der Waals surface area contributed by atoms with Crippen molar-refractivity contribution in [1.29, 1.82) is 0 Å². The van der Waals surface area contributed by atoms with Gasteiger partial charge in [0.2, 0.25) is 5.91 Å². The number of hydrogen-bond acceptors (Lipinski definition) is 3. The SMILES string of the molecule is NC(=O)C1CN(C(=O)NC2CCc3cc(Cl)ccc32)CCO1. The number of nitrogens with two attached hydrogens (primary N) is 1. The molecule has 0 aromatic heterocycles. The van der Waals surface area contributed by atoms with Gasteiger partial charge in [-0.1, -0.05) is 17.7 Å². The summed E-state index contributed by atoms with van der Waals surface area (Å²) in [5.41, 5.74) is 7.52. The largest absolute Gasteiger partial charge is 0.367 e. The number of ether oxygens (including phenoxy) is 1. The van der Waals surface area contributed by atoms with Gasteiger partial charge in [-0.2, -0.15) is 0 Å². The van der Waals surface area contributed by atoms with Gasteiger partial charge in [-0.15, -0.1) is 0 Å². The van der Waals surface area contributed by atoms with E-state index in [1.54, 1.807) is 4.90 Å². The van der Waals surface area contributed by atoms with Crippen LogP contribution in [0.4, 0.5) is 4.79 Å². The molecule has 7 heteroatoms. The highest BCUT2D eigenvalue weighted by Crippen LogP contribution is 2.32. The Hall–Kier alpha value is -1.79. The Balaban J connectivity index is 1.65. The highest BCUT2D eigenvalue weighted by molar-refractivity contribution is 6.30. The Morgan fingerprint density at radius 1 is 1.41 bits per heavy atom. The van der Waals surface area contributed by atoms with Crippen molar-refractivity contribution >= 4 is 23.5 Å². The van der Waals surface area contributed by atoms with Gasteiger partial charge in [-0.05, 0) is 36.1 Å². The van der Waals surface area contributed by atoms with Crippen LogP contribution >= 0.6 is 11.6 Å². The average Bonchev–Trinajstić information content (AvgIpc) is 2.89. The van der Waals surface area contributed by atoms with Crippen LogP contribution in [0.3, 0.4) is 0 Å². The number of carbonyl (C=O) groups is 2. The van der Waals surface area contributed by atoms with E-state index >= 15 is 0 Å². The van der Waals surface area contributed by atoms with Gasteiger partial charge in [0.15, 0.2) is 6.10 Å². The third-order valence-electron chi connectivity index (χ3n) is 4.15. The normalized spacial score (nSPS) is 24.0. The van der Waals surface area contributed by atoms with Gasteiger partial charge in [-0.3, -0.25) is 4.79 Å². The van der Waals surface area contributed by atoms with E-state index in [0.29, 0.717) is 18.2 Å². The smallest absolute Gasteiger partial charge is 0.318 e. The first-order valence-electron chi connectivity index (χ1n) is 7.29. The van der Waals surface area contributed by atoms with Crippen LogP contribution < -0.4 is 11.1 Å². The minimum absolute atomic E-state index is 0.0189. The zero-order chi connectivity index (χ0) is 15.7. The number of aryl methyl sites for hydroxylation is 1. The second-order valence-electron chi connectivity index (χ2n) is 5.59. The molecule has 118 valence electrons. The molecule has 1 heterocycles. The number of primary amides is 1. The fourth-order valence-corrected chi connectivity index (χ4v) is 3.18. The molecule has 0 bridgehead atoms. The molecule has 0 radical (unpaired) electrons. The highest BCUT2D eigenvalue weighted by atomic mass is 35.5. The quantitative estimate of drug-likeness (QED) is 0.858. The molecule has 0 spiro atoms. The van der Waals surface area contributed by atoms with E-state index in [4.69, 9.17) is 22.1 Å². The number of fused-ring (bicyclic) bond motifs is 1. The molecule has 1 aliphatic carbocycles. The van der Waals surface area contributed by atoms with Crippen molar-refractivity contribution in [2.24, 2.45) is 5.73 Å². The number of nitrogens with zero attached hydrogens (tertiary/aromatic N) is 1. The summed E-state index contributed by atoms with van der Waals surface area (Å²) in [5.74, 6) is -0.543. The molecule has 1 aromatic rings. The number of carbonyl (C=O) groups excluding carboxylic acids is 2. The number of morpholine rings is 1. The van der Waals surface area contributed by atoms with Crippen molar-refractivity contribution in [3.8, 4) is 0 Å². The van der Waals surface area contributed by atoms with E-state index in [1.165, 1.54) is 5.56 Å². The van der Waals surface area contributed by atoms with Crippen molar-refractivity contribution in [2.75, 3.05) is 19.7 Å². The number of urea groups is 1. The predicted octanol–water partition coefficient (Wildman–Crippen LogP) is 1.22. The van der Waals surface area contributed by atoms with Crippen LogP contribution in [-0.2, 0) is 16.0 Å². The van der Waals surface area contributed by atoms with Crippen molar-refractivity contribution < 1.29 is 14.3 Å². The van der Waals surface area contributed by atoms with E-state index in [0.717, 1.165) is 18.4 Å². The Labute approximate surface area is 133 Å². The van der Waals surface area contributed by atoms with Crippen molar-refractivity contribution in [1.82, 2.24) is 10.2 Å². The van der Waals surface area contributed by atoms with E-state index in [-0.39, 0.29) is 18.6 Å². The standard InChI is InChI=1S/C15H18ClN3O3/c16-10-2-3-11-9(7-10)1-4-12(11)18-15(21)19-5-6-22-13(8-19)14(17)20/h2-3,7,12-13H,1,4-6,8H2,(H2,17,20)(H,18,21). The molecule has 1 aromatic carbocycles. The summed E-state index contributed by atoms with van der Waals surface area (Å²) in [6.45, 7) is 0.967. The van der Waals surface area contributed by atoms with Crippen LogP contribution in [0.25, 0.3) is 0 Å². The van der Waals surface area contributed by atoms with Crippen LogP contribution in [0.5, 0.6) is 0 Å². The van der Waals surface area contributed by atoms with Crippen LogP contribution in [0.1, 0.15) is 23.6 Å². The Bertz CT molecular complexity index is 608. The average molecular weight is 324 g/mol. The van der Waals surface area contributed by atoms with Gasteiger partial charge < -0.3 is 20.7 Å². The molecule has 3 amide bonds. The molecular weight excluding hydrogens is 306 g/mol.